The van der Waals surface area contributed by atoms with Gasteiger partial charge < -0.3 is 0 Å². The van der Waals surface area contributed by atoms with Crippen LogP contribution in [0.2, 0.25) is 0 Å². The van der Waals surface area contributed by atoms with Crippen molar-refractivity contribution >= 4 is 5.57 Å². The molecule has 4 rings (SSSR count). The summed E-state index contributed by atoms with van der Waals surface area (Å²) in [5.41, 5.74) is 11.8. The van der Waals surface area contributed by atoms with Gasteiger partial charge in [0.1, 0.15) is 5.82 Å². The van der Waals surface area contributed by atoms with E-state index in [9.17, 15) is 4.39 Å². The normalized spacial score (nSPS) is 13.3. The summed E-state index contributed by atoms with van der Waals surface area (Å²) in [6.45, 7) is 6.59. The number of rotatable bonds is 6. The summed E-state index contributed by atoms with van der Waals surface area (Å²) in [5.74, 6) is -0.159. The van der Waals surface area contributed by atoms with Gasteiger partial charge in [0.15, 0.2) is 0 Å². The predicted octanol–water partition coefficient (Wildman–Crippen LogP) is 8.02. The van der Waals surface area contributed by atoms with Gasteiger partial charge in [-0.2, -0.15) is 0 Å². The van der Waals surface area contributed by atoms with E-state index in [2.05, 4.69) is 69.3 Å². The van der Waals surface area contributed by atoms with E-state index in [1.807, 2.05) is 6.07 Å². The minimum Gasteiger partial charge on any atom is -0.207 e. The summed E-state index contributed by atoms with van der Waals surface area (Å²) < 4.78 is 13.4. The van der Waals surface area contributed by atoms with Gasteiger partial charge in [-0.25, -0.2) is 4.39 Å². The second-order valence-corrected chi connectivity index (χ2v) is 8.35. The van der Waals surface area contributed by atoms with Crippen LogP contribution in [0.25, 0.3) is 16.7 Å². The first-order valence-corrected chi connectivity index (χ1v) is 10.9. The highest BCUT2D eigenvalue weighted by atomic mass is 19.1. The molecule has 3 aromatic carbocycles. The zero-order valence-electron chi connectivity index (χ0n) is 18.1. The zero-order chi connectivity index (χ0) is 21.1. The quantitative estimate of drug-likeness (QED) is 0.396. The minimum atomic E-state index is -0.159. The maximum atomic E-state index is 13.4. The molecule has 3 aromatic rings. The van der Waals surface area contributed by atoms with Crippen molar-refractivity contribution in [1.29, 1.82) is 0 Å². The topological polar surface area (TPSA) is 0 Å². The minimum absolute atomic E-state index is 0.159. The van der Waals surface area contributed by atoms with Gasteiger partial charge in [-0.1, -0.05) is 67.1 Å². The van der Waals surface area contributed by atoms with Crippen LogP contribution in [0.1, 0.15) is 47.6 Å². The molecule has 0 unspecified atom stereocenters. The van der Waals surface area contributed by atoms with E-state index in [1.165, 1.54) is 50.6 Å². The molecule has 0 saturated heterocycles. The Morgan fingerprint density at radius 2 is 1.63 bits per heavy atom. The van der Waals surface area contributed by atoms with Gasteiger partial charge in [-0.3, -0.25) is 0 Å². The van der Waals surface area contributed by atoms with Crippen molar-refractivity contribution in [3.63, 3.8) is 0 Å². The molecule has 1 aliphatic carbocycles. The first-order valence-electron chi connectivity index (χ1n) is 10.9. The van der Waals surface area contributed by atoms with Crippen LogP contribution >= 0.6 is 0 Å². The molecule has 0 heterocycles. The Balaban J connectivity index is 1.54. The van der Waals surface area contributed by atoms with Gasteiger partial charge in [0.05, 0.1) is 0 Å². The summed E-state index contributed by atoms with van der Waals surface area (Å²) in [7, 11) is 0. The van der Waals surface area contributed by atoms with Crippen molar-refractivity contribution in [1.82, 2.24) is 0 Å². The molecule has 0 aromatic heterocycles. The van der Waals surface area contributed by atoms with Crippen LogP contribution in [0.4, 0.5) is 4.39 Å². The van der Waals surface area contributed by atoms with Crippen molar-refractivity contribution in [2.75, 3.05) is 0 Å². The Kier molecular flexibility index (Phi) is 5.99. The SMILES string of the molecule is CCC1=CC=C(c2ccc(C)c(-c3ccc(CCc4cccc(F)c4)c(C)c3)c2)C1. The van der Waals surface area contributed by atoms with Crippen LogP contribution in [0.3, 0.4) is 0 Å². The van der Waals surface area contributed by atoms with E-state index < -0.39 is 0 Å². The Bertz CT molecular complexity index is 1130. The number of halogens is 1. The van der Waals surface area contributed by atoms with Crippen molar-refractivity contribution in [3.8, 4) is 11.1 Å². The lowest BCUT2D eigenvalue weighted by Gasteiger charge is -2.13. The Labute approximate surface area is 179 Å². The molecule has 1 aliphatic rings. The maximum Gasteiger partial charge on any atom is 0.123 e. The summed E-state index contributed by atoms with van der Waals surface area (Å²) >= 11 is 0. The summed E-state index contributed by atoms with van der Waals surface area (Å²) in [6.07, 6.45) is 8.51. The number of allylic oxidation sites excluding steroid dienone is 4. The molecule has 0 N–H and O–H groups in total. The van der Waals surface area contributed by atoms with Gasteiger partial charge in [0.25, 0.3) is 0 Å². The van der Waals surface area contributed by atoms with Crippen LogP contribution in [-0.2, 0) is 12.8 Å². The molecule has 0 saturated carbocycles. The largest absolute Gasteiger partial charge is 0.207 e. The second kappa shape index (κ2) is 8.83. The fraction of sp³-hybridized carbons (Fsp3) is 0.241. The van der Waals surface area contributed by atoms with E-state index in [4.69, 9.17) is 0 Å². The smallest absolute Gasteiger partial charge is 0.123 e. The monoisotopic (exact) mass is 396 g/mol. The van der Waals surface area contributed by atoms with Gasteiger partial charge >= 0.3 is 0 Å². The molecule has 0 radical (unpaired) electrons. The molecular weight excluding hydrogens is 367 g/mol. The molecule has 0 fully saturated rings. The third-order valence-electron chi connectivity index (χ3n) is 6.23. The van der Waals surface area contributed by atoms with Gasteiger partial charge in [-0.05, 0) is 102 Å². The molecule has 0 atom stereocenters. The third kappa shape index (κ3) is 4.46. The summed E-state index contributed by atoms with van der Waals surface area (Å²) in [4.78, 5) is 0. The fourth-order valence-corrected chi connectivity index (χ4v) is 4.27. The number of aryl methyl sites for hydroxylation is 4. The average Bonchev–Trinajstić information content (AvgIpc) is 3.23. The van der Waals surface area contributed by atoms with E-state index in [1.54, 1.807) is 12.1 Å². The third-order valence-corrected chi connectivity index (χ3v) is 6.23. The van der Waals surface area contributed by atoms with Gasteiger partial charge in [0.2, 0.25) is 0 Å². The van der Waals surface area contributed by atoms with E-state index in [-0.39, 0.29) is 5.82 Å². The second-order valence-electron chi connectivity index (χ2n) is 8.35. The van der Waals surface area contributed by atoms with Gasteiger partial charge in [-0.15, -0.1) is 0 Å². The Hall–Kier alpha value is -2.93. The van der Waals surface area contributed by atoms with E-state index >= 15 is 0 Å². The van der Waals surface area contributed by atoms with Crippen molar-refractivity contribution < 1.29 is 4.39 Å². The molecule has 0 aliphatic heterocycles. The number of hydrogen-bond acceptors (Lipinski definition) is 0. The lowest BCUT2D eigenvalue weighted by molar-refractivity contribution is 0.625. The molecule has 30 heavy (non-hydrogen) atoms. The number of benzene rings is 3. The highest BCUT2D eigenvalue weighted by molar-refractivity contribution is 5.78. The zero-order valence-corrected chi connectivity index (χ0v) is 18.1. The van der Waals surface area contributed by atoms with Gasteiger partial charge in [0, 0.05) is 0 Å². The van der Waals surface area contributed by atoms with Crippen LogP contribution in [0.5, 0.6) is 0 Å². The molecule has 0 bridgehead atoms. The van der Waals surface area contributed by atoms with Crippen LogP contribution < -0.4 is 0 Å². The Morgan fingerprint density at radius 1 is 0.800 bits per heavy atom. The average molecular weight is 397 g/mol. The van der Waals surface area contributed by atoms with Crippen molar-refractivity contribution in [2.24, 2.45) is 0 Å². The molecule has 0 spiro atoms. The summed E-state index contributed by atoms with van der Waals surface area (Å²) in [6, 6.07) is 20.5. The number of hydrogen-bond donors (Lipinski definition) is 0. The van der Waals surface area contributed by atoms with E-state index in [0.29, 0.717) is 0 Å². The predicted molar refractivity (Wildman–Crippen MR) is 126 cm³/mol. The molecular formula is C29H29F. The highest BCUT2D eigenvalue weighted by Crippen LogP contribution is 2.34. The van der Waals surface area contributed by atoms with Crippen LogP contribution in [0.15, 0.2) is 78.4 Å². The van der Waals surface area contributed by atoms with Crippen molar-refractivity contribution in [3.05, 3.63) is 112 Å². The summed E-state index contributed by atoms with van der Waals surface area (Å²) in [5, 5.41) is 0. The van der Waals surface area contributed by atoms with E-state index in [0.717, 1.165) is 31.2 Å². The molecule has 152 valence electrons. The first-order chi connectivity index (χ1) is 14.5. The molecule has 0 nitrogen and oxygen atoms in total. The molecule has 1 heteroatoms. The van der Waals surface area contributed by atoms with Crippen LogP contribution in [-0.4, -0.2) is 0 Å². The first kappa shape index (κ1) is 20.3. The van der Waals surface area contributed by atoms with Crippen molar-refractivity contribution in [2.45, 2.75) is 46.5 Å². The highest BCUT2D eigenvalue weighted by Gasteiger charge is 2.12. The molecule has 0 amide bonds. The maximum absolute atomic E-state index is 13.4. The lowest BCUT2D eigenvalue weighted by Crippen LogP contribution is -1.96. The Morgan fingerprint density at radius 3 is 2.37 bits per heavy atom. The lowest BCUT2D eigenvalue weighted by atomic mass is 9.91. The van der Waals surface area contributed by atoms with Crippen LogP contribution in [0, 0.1) is 19.7 Å². The fourth-order valence-electron chi connectivity index (χ4n) is 4.27. The standard InChI is InChI=1S/C29H29F/c1-4-22-9-13-25(17-22)26-11-8-20(2)29(19-26)27-15-14-24(21(3)16-27)12-10-23-6-5-7-28(30)18-23/h5-9,11,13-16,18-19H,4,10,12,17H2,1-3H3.